The number of benzene rings is 1. The molecule has 0 unspecified atom stereocenters. The van der Waals surface area contributed by atoms with E-state index in [2.05, 4.69) is 25.3 Å². The summed E-state index contributed by atoms with van der Waals surface area (Å²) in [5.41, 5.74) is 4.16. The summed E-state index contributed by atoms with van der Waals surface area (Å²) in [6, 6.07) is 9.82. The number of carbonyl (C=O) groups is 1. The van der Waals surface area contributed by atoms with E-state index in [1.807, 2.05) is 62.6 Å². The highest BCUT2D eigenvalue weighted by molar-refractivity contribution is 7.17. The first-order chi connectivity index (χ1) is 13.9. The Labute approximate surface area is 172 Å². The number of aromatic nitrogens is 5. The van der Waals surface area contributed by atoms with Gasteiger partial charge in [0.1, 0.15) is 15.7 Å². The number of hydrogen-bond donors (Lipinski definition) is 1. The van der Waals surface area contributed by atoms with Crippen LogP contribution in [0.4, 0.5) is 5.69 Å². The summed E-state index contributed by atoms with van der Waals surface area (Å²) in [7, 11) is 0. The number of thiazole rings is 1. The average molecular weight is 404 g/mol. The van der Waals surface area contributed by atoms with Crippen molar-refractivity contribution in [3.05, 3.63) is 70.5 Å². The quantitative estimate of drug-likeness (QED) is 0.549. The number of imidazole rings is 1. The second kappa shape index (κ2) is 7.56. The molecular formula is C21H20N6OS. The van der Waals surface area contributed by atoms with Gasteiger partial charge in [0.2, 0.25) is 5.95 Å². The summed E-state index contributed by atoms with van der Waals surface area (Å²) >= 11 is 1.37. The number of anilines is 1. The number of hydrogen-bond acceptors (Lipinski definition) is 6. The van der Waals surface area contributed by atoms with Gasteiger partial charge in [-0.1, -0.05) is 30.3 Å². The second-order valence-electron chi connectivity index (χ2n) is 6.69. The van der Waals surface area contributed by atoms with Crippen molar-refractivity contribution < 1.29 is 4.79 Å². The van der Waals surface area contributed by atoms with Crippen molar-refractivity contribution in [3.63, 3.8) is 0 Å². The zero-order valence-corrected chi connectivity index (χ0v) is 17.4. The van der Waals surface area contributed by atoms with Gasteiger partial charge in [0.05, 0.1) is 29.5 Å². The Morgan fingerprint density at radius 1 is 0.966 bits per heavy atom. The van der Waals surface area contributed by atoms with Gasteiger partial charge in [-0.15, -0.1) is 11.3 Å². The van der Waals surface area contributed by atoms with Crippen molar-refractivity contribution in [1.29, 1.82) is 0 Å². The number of carbonyl (C=O) groups excluding carboxylic acids is 1. The van der Waals surface area contributed by atoms with Crippen LogP contribution in [0.15, 0.2) is 42.7 Å². The molecule has 1 aromatic carbocycles. The molecule has 3 aromatic heterocycles. The minimum absolute atomic E-state index is 0.218. The molecule has 0 saturated heterocycles. The van der Waals surface area contributed by atoms with Crippen LogP contribution in [0.5, 0.6) is 0 Å². The van der Waals surface area contributed by atoms with Gasteiger partial charge in [-0.2, -0.15) is 0 Å². The summed E-state index contributed by atoms with van der Waals surface area (Å²) in [6.07, 6.45) is 3.20. The SMILES string of the molecule is Cc1nc(-c2ccccc2)sc1C(=O)Nc1cnc(-n2c(C)nc(C)c2C)nc1. The van der Waals surface area contributed by atoms with E-state index in [1.165, 1.54) is 11.3 Å². The highest BCUT2D eigenvalue weighted by atomic mass is 32.1. The number of aryl methyl sites for hydroxylation is 3. The highest BCUT2D eigenvalue weighted by Crippen LogP contribution is 2.28. The van der Waals surface area contributed by atoms with Crippen molar-refractivity contribution in [2.45, 2.75) is 27.7 Å². The van der Waals surface area contributed by atoms with E-state index in [-0.39, 0.29) is 5.91 Å². The predicted octanol–water partition coefficient (Wildman–Crippen LogP) is 4.27. The Morgan fingerprint density at radius 2 is 1.66 bits per heavy atom. The summed E-state index contributed by atoms with van der Waals surface area (Å²) in [4.78, 5) is 31.1. The predicted molar refractivity (Wildman–Crippen MR) is 114 cm³/mol. The smallest absolute Gasteiger partial charge is 0.267 e. The first-order valence-corrected chi connectivity index (χ1v) is 9.95. The monoisotopic (exact) mass is 404 g/mol. The van der Waals surface area contributed by atoms with Gasteiger partial charge in [0.25, 0.3) is 5.91 Å². The molecule has 0 bridgehead atoms. The lowest BCUT2D eigenvalue weighted by Crippen LogP contribution is -2.13. The Bertz CT molecular complexity index is 1180. The first kappa shape index (κ1) is 18.9. The van der Waals surface area contributed by atoms with Gasteiger partial charge < -0.3 is 5.32 Å². The minimum atomic E-state index is -0.218. The van der Waals surface area contributed by atoms with Crippen LogP contribution < -0.4 is 5.32 Å². The fourth-order valence-electron chi connectivity index (χ4n) is 3.07. The van der Waals surface area contributed by atoms with Crippen LogP contribution in [-0.2, 0) is 0 Å². The van der Waals surface area contributed by atoms with Crippen LogP contribution in [-0.4, -0.2) is 30.4 Å². The third-order valence-corrected chi connectivity index (χ3v) is 5.84. The lowest BCUT2D eigenvalue weighted by atomic mass is 10.2. The molecule has 0 fully saturated rings. The Kier molecular flexibility index (Phi) is 4.94. The van der Waals surface area contributed by atoms with Crippen molar-refractivity contribution >= 4 is 22.9 Å². The standard InChI is InChI=1S/C21H20N6OS/c1-12-14(3)27(15(4)24-12)21-22-10-17(11-23-21)26-19(28)18-13(2)25-20(29-18)16-8-6-5-7-9-16/h5-11H,1-4H3,(H,26,28). The van der Waals surface area contributed by atoms with E-state index in [0.29, 0.717) is 22.2 Å². The molecule has 3 heterocycles. The van der Waals surface area contributed by atoms with Gasteiger partial charge in [0, 0.05) is 11.3 Å². The topological polar surface area (TPSA) is 85.6 Å². The molecule has 4 rings (SSSR count). The van der Waals surface area contributed by atoms with Crippen LogP contribution >= 0.6 is 11.3 Å². The van der Waals surface area contributed by atoms with E-state index in [1.54, 1.807) is 12.4 Å². The van der Waals surface area contributed by atoms with Crippen molar-refractivity contribution in [1.82, 2.24) is 24.5 Å². The van der Waals surface area contributed by atoms with Crippen LogP contribution in [0.3, 0.4) is 0 Å². The molecule has 8 heteroatoms. The van der Waals surface area contributed by atoms with E-state index in [0.717, 1.165) is 27.8 Å². The highest BCUT2D eigenvalue weighted by Gasteiger charge is 2.17. The van der Waals surface area contributed by atoms with E-state index in [4.69, 9.17) is 0 Å². The molecule has 0 aliphatic rings. The molecule has 1 N–H and O–H groups in total. The number of nitrogens with one attached hydrogen (secondary N) is 1. The molecule has 7 nitrogen and oxygen atoms in total. The maximum atomic E-state index is 12.7. The van der Waals surface area contributed by atoms with Crippen LogP contribution in [0.2, 0.25) is 0 Å². The van der Waals surface area contributed by atoms with Crippen molar-refractivity contribution in [2.24, 2.45) is 0 Å². The van der Waals surface area contributed by atoms with E-state index >= 15 is 0 Å². The minimum Gasteiger partial charge on any atom is -0.319 e. The van der Waals surface area contributed by atoms with Crippen LogP contribution in [0.1, 0.15) is 32.6 Å². The molecule has 146 valence electrons. The van der Waals surface area contributed by atoms with Gasteiger partial charge in [0.15, 0.2) is 0 Å². The fraction of sp³-hybridized carbons (Fsp3) is 0.190. The summed E-state index contributed by atoms with van der Waals surface area (Å²) < 4.78 is 1.89. The van der Waals surface area contributed by atoms with E-state index in [9.17, 15) is 4.79 Å². The fourth-order valence-corrected chi connectivity index (χ4v) is 4.04. The molecule has 0 radical (unpaired) electrons. The van der Waals surface area contributed by atoms with Gasteiger partial charge in [-0.05, 0) is 27.7 Å². The third-order valence-electron chi connectivity index (χ3n) is 4.63. The molecule has 0 saturated carbocycles. The molecular weight excluding hydrogens is 384 g/mol. The summed E-state index contributed by atoms with van der Waals surface area (Å²) in [5, 5.41) is 3.68. The summed E-state index contributed by atoms with van der Waals surface area (Å²) in [5.74, 6) is 1.13. The molecule has 0 spiro atoms. The molecule has 29 heavy (non-hydrogen) atoms. The van der Waals surface area contributed by atoms with E-state index < -0.39 is 0 Å². The Hall–Kier alpha value is -3.39. The third kappa shape index (κ3) is 3.66. The van der Waals surface area contributed by atoms with Crippen LogP contribution in [0, 0.1) is 27.7 Å². The van der Waals surface area contributed by atoms with Gasteiger partial charge in [-0.3, -0.25) is 9.36 Å². The first-order valence-electron chi connectivity index (χ1n) is 9.13. The van der Waals surface area contributed by atoms with Crippen LogP contribution in [0.25, 0.3) is 16.5 Å². The lowest BCUT2D eigenvalue weighted by Gasteiger charge is -2.07. The van der Waals surface area contributed by atoms with Gasteiger partial charge >= 0.3 is 0 Å². The van der Waals surface area contributed by atoms with Crippen molar-refractivity contribution in [2.75, 3.05) is 5.32 Å². The number of nitrogens with zero attached hydrogens (tertiary/aromatic N) is 5. The van der Waals surface area contributed by atoms with Gasteiger partial charge in [-0.25, -0.2) is 19.9 Å². The second-order valence-corrected chi connectivity index (χ2v) is 7.69. The number of rotatable bonds is 4. The molecule has 0 aliphatic heterocycles. The van der Waals surface area contributed by atoms with Crippen molar-refractivity contribution in [3.8, 4) is 16.5 Å². The Morgan fingerprint density at radius 3 is 2.28 bits per heavy atom. The maximum absolute atomic E-state index is 12.7. The lowest BCUT2D eigenvalue weighted by molar-refractivity contribution is 0.102. The average Bonchev–Trinajstić information content (AvgIpc) is 3.22. The zero-order valence-electron chi connectivity index (χ0n) is 16.6. The Balaban J connectivity index is 1.54. The maximum Gasteiger partial charge on any atom is 0.267 e. The largest absolute Gasteiger partial charge is 0.319 e. The zero-order chi connectivity index (χ0) is 20.5. The molecule has 1 amide bonds. The molecule has 0 atom stereocenters. The molecule has 4 aromatic rings. The number of amides is 1. The normalized spacial score (nSPS) is 10.9. The molecule has 0 aliphatic carbocycles. The summed E-state index contributed by atoms with van der Waals surface area (Å²) in [6.45, 7) is 7.68.